The van der Waals surface area contributed by atoms with Gasteiger partial charge in [0.15, 0.2) is 24.8 Å². The molecule has 6 atom stereocenters. The Kier molecular flexibility index (Phi) is 4.93. The first-order valence-corrected chi connectivity index (χ1v) is 9.83. The van der Waals surface area contributed by atoms with Gasteiger partial charge in [0.2, 0.25) is 6.10 Å². The summed E-state index contributed by atoms with van der Waals surface area (Å²) < 4.78 is 87.7. The van der Waals surface area contributed by atoms with E-state index in [1.54, 1.807) is 24.3 Å². The van der Waals surface area contributed by atoms with Crippen LogP contribution in [0.2, 0.25) is 0 Å². The summed E-state index contributed by atoms with van der Waals surface area (Å²) in [4.78, 5) is 23.5. The Labute approximate surface area is 167 Å². The quantitative estimate of drug-likeness (QED) is 0.482. The lowest BCUT2D eigenvalue weighted by atomic mass is 10.1. The van der Waals surface area contributed by atoms with Crippen molar-refractivity contribution in [2.45, 2.75) is 42.3 Å². The fraction of sp³-hybridized carbons (Fsp3) is 0.500. The first-order chi connectivity index (χ1) is 14.0. The molecule has 3 aliphatic heterocycles. The number of carbonyl (C=O) groups excluding carboxylic acids is 2. The molecule has 3 heterocycles. The van der Waals surface area contributed by atoms with E-state index in [0.717, 1.165) is 0 Å². The van der Waals surface area contributed by atoms with Crippen LogP contribution in [0.5, 0.6) is 5.75 Å². The Bertz CT molecular complexity index is 964. The number of halogens is 2. The van der Waals surface area contributed by atoms with Crippen LogP contribution in [0.1, 0.15) is 11.9 Å². The van der Waals surface area contributed by atoms with Crippen molar-refractivity contribution in [3.05, 3.63) is 29.8 Å². The van der Waals surface area contributed by atoms with Crippen molar-refractivity contribution in [1.29, 1.82) is 0 Å². The summed E-state index contributed by atoms with van der Waals surface area (Å²) in [6.45, 7) is 0. The van der Waals surface area contributed by atoms with Gasteiger partial charge < -0.3 is 28.4 Å². The number of alkyl halides is 2. The van der Waals surface area contributed by atoms with Gasteiger partial charge in [-0.15, -0.1) is 0 Å². The van der Waals surface area contributed by atoms with Crippen molar-refractivity contribution in [3.8, 4) is 5.75 Å². The van der Waals surface area contributed by atoms with Crippen molar-refractivity contribution < 1.29 is 59.8 Å². The zero-order valence-corrected chi connectivity index (χ0v) is 15.8. The number of methoxy groups -OCH3 is 1. The minimum Gasteiger partial charge on any atom is -0.497 e. The summed E-state index contributed by atoms with van der Waals surface area (Å²) >= 11 is 0. The summed E-state index contributed by atoms with van der Waals surface area (Å²) in [5, 5.41) is -5.27. The van der Waals surface area contributed by atoms with Gasteiger partial charge in [0.05, 0.1) is 7.11 Å². The molecule has 0 amide bonds. The molecule has 3 aliphatic rings. The Hall–Kier alpha value is -2.39. The lowest BCUT2D eigenvalue weighted by Gasteiger charge is -2.19. The third kappa shape index (κ3) is 3.30. The minimum atomic E-state index is -6.10. The number of hydrogen-bond acceptors (Lipinski definition) is 10. The SMILES string of the molecule is COc1ccc(C2O[C@H]3O[C@H]4[C@H](OC(=O)[C@H]4OC(=O)C(F)(F)S(=O)(=O)O)[C@H]3O2)cc1. The van der Waals surface area contributed by atoms with Crippen LogP contribution >= 0.6 is 0 Å². The number of benzene rings is 1. The van der Waals surface area contributed by atoms with Gasteiger partial charge >= 0.3 is 27.3 Å². The number of esters is 2. The molecule has 0 aliphatic carbocycles. The second kappa shape index (κ2) is 7.09. The molecule has 1 aromatic carbocycles. The molecular weight excluding hydrogens is 438 g/mol. The largest absolute Gasteiger partial charge is 0.497 e. The highest BCUT2D eigenvalue weighted by atomic mass is 32.2. The fourth-order valence-electron chi connectivity index (χ4n) is 3.23. The third-order valence-electron chi connectivity index (χ3n) is 4.71. The van der Waals surface area contributed by atoms with Crippen molar-refractivity contribution >= 4 is 22.1 Å². The molecule has 0 saturated carbocycles. The van der Waals surface area contributed by atoms with Gasteiger partial charge in [-0.2, -0.15) is 17.2 Å². The zero-order chi connectivity index (χ0) is 21.8. The van der Waals surface area contributed by atoms with E-state index in [2.05, 4.69) is 4.74 Å². The van der Waals surface area contributed by atoms with Gasteiger partial charge in [-0.05, 0) is 12.1 Å². The van der Waals surface area contributed by atoms with Gasteiger partial charge in [-0.3, -0.25) is 4.55 Å². The monoisotopic (exact) mass is 452 g/mol. The number of ether oxygens (including phenoxy) is 6. The standard InChI is InChI=1S/C16H14F2O11S/c1-24-7-4-2-6(3-5-7)13-27-11-9-8(26-14(11)29-13)10(12(19)25-9)28-15(20)16(17,18)30(21,22)23/h2-5,8-11,13-14H,1H3,(H,21,22,23)/t8-,9-,10-,11+,13?,14+/m0/s1. The van der Waals surface area contributed by atoms with E-state index in [0.29, 0.717) is 11.3 Å². The van der Waals surface area contributed by atoms with Gasteiger partial charge in [-0.25, -0.2) is 9.59 Å². The van der Waals surface area contributed by atoms with Gasteiger partial charge in [0.1, 0.15) is 11.9 Å². The van der Waals surface area contributed by atoms with Gasteiger partial charge in [0.25, 0.3) is 0 Å². The van der Waals surface area contributed by atoms with Crippen LogP contribution in [0.4, 0.5) is 8.78 Å². The summed E-state index contributed by atoms with van der Waals surface area (Å²) in [7, 11) is -4.60. The van der Waals surface area contributed by atoms with Crippen LogP contribution in [-0.4, -0.2) is 68.0 Å². The average molecular weight is 452 g/mol. The van der Waals surface area contributed by atoms with Crippen molar-refractivity contribution in [1.82, 2.24) is 0 Å². The Balaban J connectivity index is 1.45. The molecule has 30 heavy (non-hydrogen) atoms. The predicted molar refractivity (Wildman–Crippen MR) is 86.6 cm³/mol. The second-order valence-corrected chi connectivity index (χ2v) is 7.99. The molecule has 0 aromatic heterocycles. The maximum Gasteiger partial charge on any atom is 0.465 e. The molecule has 0 spiro atoms. The van der Waals surface area contributed by atoms with Gasteiger partial charge in [-0.1, -0.05) is 12.1 Å². The number of hydrogen-bond donors (Lipinski definition) is 1. The van der Waals surface area contributed by atoms with E-state index in [1.165, 1.54) is 7.11 Å². The first-order valence-electron chi connectivity index (χ1n) is 8.39. The lowest BCUT2D eigenvalue weighted by molar-refractivity contribution is -0.191. The third-order valence-corrected chi connectivity index (χ3v) is 5.53. The van der Waals surface area contributed by atoms with E-state index < -0.39 is 64.3 Å². The van der Waals surface area contributed by atoms with Gasteiger partial charge in [0, 0.05) is 5.56 Å². The highest BCUT2D eigenvalue weighted by Gasteiger charge is 2.65. The van der Waals surface area contributed by atoms with E-state index in [1.807, 2.05) is 0 Å². The number of fused-ring (bicyclic) bond motifs is 3. The fourth-order valence-corrected chi connectivity index (χ4v) is 3.49. The summed E-state index contributed by atoms with van der Waals surface area (Å²) in [6, 6.07) is 6.68. The maximum absolute atomic E-state index is 13.4. The maximum atomic E-state index is 13.4. The van der Waals surface area contributed by atoms with E-state index in [-0.39, 0.29) is 0 Å². The Morgan fingerprint density at radius 1 is 1.10 bits per heavy atom. The second-order valence-electron chi connectivity index (χ2n) is 6.53. The molecule has 4 rings (SSSR count). The topological polar surface area (TPSA) is 144 Å². The summed E-state index contributed by atoms with van der Waals surface area (Å²) in [5.74, 6) is -3.28. The molecule has 14 heteroatoms. The normalized spacial score (nSPS) is 33.0. The highest BCUT2D eigenvalue weighted by Crippen LogP contribution is 2.44. The van der Waals surface area contributed by atoms with E-state index in [4.69, 9.17) is 28.2 Å². The van der Waals surface area contributed by atoms with Crippen LogP contribution in [-0.2, 0) is 43.4 Å². The molecule has 1 N–H and O–H groups in total. The molecule has 11 nitrogen and oxygen atoms in total. The first kappa shape index (κ1) is 20.9. The molecule has 0 radical (unpaired) electrons. The van der Waals surface area contributed by atoms with Crippen molar-refractivity contribution in [2.75, 3.05) is 7.11 Å². The summed E-state index contributed by atoms with van der Waals surface area (Å²) in [5.41, 5.74) is 0.602. The number of carbonyl (C=O) groups is 2. The van der Waals surface area contributed by atoms with Crippen molar-refractivity contribution in [3.63, 3.8) is 0 Å². The van der Waals surface area contributed by atoms with Crippen LogP contribution in [0.15, 0.2) is 24.3 Å². The molecule has 164 valence electrons. The molecule has 3 saturated heterocycles. The number of rotatable bonds is 5. The van der Waals surface area contributed by atoms with E-state index in [9.17, 15) is 26.8 Å². The molecular formula is C16H14F2O11S. The molecule has 3 fully saturated rings. The molecule has 0 bridgehead atoms. The van der Waals surface area contributed by atoms with E-state index >= 15 is 0 Å². The highest BCUT2D eigenvalue weighted by molar-refractivity contribution is 7.87. The molecule has 1 unspecified atom stereocenters. The molecule has 1 aromatic rings. The smallest absolute Gasteiger partial charge is 0.465 e. The van der Waals surface area contributed by atoms with Crippen molar-refractivity contribution in [2.24, 2.45) is 0 Å². The Morgan fingerprint density at radius 2 is 1.77 bits per heavy atom. The van der Waals surface area contributed by atoms with Crippen LogP contribution < -0.4 is 4.74 Å². The summed E-state index contributed by atoms with van der Waals surface area (Å²) in [6.07, 6.45) is -7.41. The zero-order valence-electron chi connectivity index (χ0n) is 15.0. The minimum absolute atomic E-state index is 0.601. The van der Waals surface area contributed by atoms with Crippen LogP contribution in [0, 0.1) is 0 Å². The Morgan fingerprint density at radius 3 is 2.37 bits per heavy atom. The predicted octanol–water partition coefficient (Wildman–Crippen LogP) is 0.152. The lowest BCUT2D eigenvalue weighted by Crippen LogP contribution is -2.44. The average Bonchev–Trinajstić information content (AvgIpc) is 3.32. The van der Waals surface area contributed by atoms with Crippen LogP contribution in [0.3, 0.4) is 0 Å². The van der Waals surface area contributed by atoms with Crippen LogP contribution in [0.25, 0.3) is 0 Å².